The van der Waals surface area contributed by atoms with Crippen molar-refractivity contribution in [1.29, 1.82) is 0 Å². The standard InChI is InChI=1S/C62H44N2/c1-40(15-13-14-34-63)41-26-28-42(29-27-41)58(39-62(64-2)45-31-33-57-53-23-8-6-19-49(53)51-21-10-12-25-55(51)61(57)37-45)46-35-43-16-3-4-17-47(43)59(38-46)44-30-32-56-52-22-7-5-18-48(52)50-20-9-11-24-54(50)60(56)36-44/h3-39H,1,63H2,2H3/b15-13-,34-14-,58-39-,64-62?. The van der Waals surface area contributed by atoms with Gasteiger partial charge >= 0.3 is 0 Å². The molecule has 0 amide bonds. The lowest BCUT2D eigenvalue weighted by atomic mass is 9.87. The number of aliphatic imine (C=N–C) groups is 1. The Bertz CT molecular complexity index is 3730. The largest absolute Gasteiger partial charge is 0.405 e. The number of hydrogen-bond donors (Lipinski definition) is 1. The lowest BCUT2D eigenvalue weighted by molar-refractivity contribution is 1.43. The summed E-state index contributed by atoms with van der Waals surface area (Å²) in [4.78, 5) is 5.02. The molecule has 11 rings (SSSR count). The number of allylic oxidation sites excluding steroid dienone is 5. The second-order valence-electron chi connectivity index (χ2n) is 16.5. The highest BCUT2D eigenvalue weighted by molar-refractivity contribution is 6.28. The Kier molecular flexibility index (Phi) is 9.75. The van der Waals surface area contributed by atoms with Crippen LogP contribution in [0.25, 0.3) is 97.7 Å². The van der Waals surface area contributed by atoms with Gasteiger partial charge in [0.2, 0.25) is 0 Å². The molecule has 11 aromatic carbocycles. The van der Waals surface area contributed by atoms with E-state index in [9.17, 15) is 0 Å². The van der Waals surface area contributed by atoms with E-state index in [-0.39, 0.29) is 0 Å². The lowest BCUT2D eigenvalue weighted by Gasteiger charge is -2.17. The highest BCUT2D eigenvalue weighted by Crippen LogP contribution is 2.41. The molecule has 0 aliphatic carbocycles. The van der Waals surface area contributed by atoms with Crippen molar-refractivity contribution in [3.8, 4) is 11.1 Å². The van der Waals surface area contributed by atoms with Gasteiger partial charge in [0.15, 0.2) is 0 Å². The molecule has 2 heteroatoms. The summed E-state index contributed by atoms with van der Waals surface area (Å²) in [6.45, 7) is 4.34. The van der Waals surface area contributed by atoms with Crippen molar-refractivity contribution in [1.82, 2.24) is 0 Å². The summed E-state index contributed by atoms with van der Waals surface area (Å²) in [5, 5.41) is 17.4. The quantitative estimate of drug-likeness (QED) is 0.0926. The molecule has 64 heavy (non-hydrogen) atoms. The van der Waals surface area contributed by atoms with Gasteiger partial charge in [0.05, 0.1) is 5.71 Å². The molecule has 0 unspecified atom stereocenters. The first kappa shape index (κ1) is 38.6. The topological polar surface area (TPSA) is 38.4 Å². The van der Waals surface area contributed by atoms with Gasteiger partial charge in [0, 0.05) is 12.6 Å². The zero-order valence-corrected chi connectivity index (χ0v) is 35.6. The van der Waals surface area contributed by atoms with E-state index in [4.69, 9.17) is 10.7 Å². The maximum absolute atomic E-state index is 5.60. The number of benzene rings is 11. The highest BCUT2D eigenvalue weighted by atomic mass is 14.7. The van der Waals surface area contributed by atoms with Gasteiger partial charge in [-0.25, -0.2) is 0 Å². The molecule has 0 aliphatic heterocycles. The Morgan fingerprint density at radius 3 is 1.42 bits per heavy atom. The molecule has 0 spiro atoms. The molecular weight excluding hydrogens is 773 g/mol. The first-order valence-electron chi connectivity index (χ1n) is 21.8. The van der Waals surface area contributed by atoms with Crippen LogP contribution in [0.2, 0.25) is 0 Å². The van der Waals surface area contributed by atoms with Crippen LogP contribution < -0.4 is 5.73 Å². The van der Waals surface area contributed by atoms with E-state index < -0.39 is 0 Å². The van der Waals surface area contributed by atoms with Crippen molar-refractivity contribution in [3.63, 3.8) is 0 Å². The monoisotopic (exact) mass is 816 g/mol. The third-order valence-electron chi connectivity index (χ3n) is 12.9. The minimum Gasteiger partial charge on any atom is -0.405 e. The van der Waals surface area contributed by atoms with Crippen LogP contribution in [-0.4, -0.2) is 12.8 Å². The summed E-state index contributed by atoms with van der Waals surface area (Å²) in [5.74, 6) is 0. The van der Waals surface area contributed by atoms with Crippen LogP contribution in [0, 0.1) is 0 Å². The summed E-state index contributed by atoms with van der Waals surface area (Å²) < 4.78 is 0. The van der Waals surface area contributed by atoms with E-state index in [1.165, 1.54) is 92.7 Å². The smallest absolute Gasteiger partial charge is 0.0649 e. The maximum Gasteiger partial charge on any atom is 0.0649 e. The minimum atomic E-state index is 0.901. The molecule has 0 aromatic heterocycles. The van der Waals surface area contributed by atoms with Crippen molar-refractivity contribution in [2.45, 2.75) is 0 Å². The van der Waals surface area contributed by atoms with Crippen LogP contribution in [0.5, 0.6) is 0 Å². The Balaban J connectivity index is 1.12. The molecule has 0 radical (unpaired) electrons. The van der Waals surface area contributed by atoms with Gasteiger partial charge in [-0.2, -0.15) is 0 Å². The van der Waals surface area contributed by atoms with Gasteiger partial charge in [-0.15, -0.1) is 0 Å². The summed E-state index contributed by atoms with van der Waals surface area (Å²) in [6, 6.07) is 71.0. The summed E-state index contributed by atoms with van der Waals surface area (Å²) in [7, 11) is 1.90. The SMILES string of the molecule is C=C(/C=C\C=C/N)c1ccc(/C(=C/C(=NC)c2ccc3c4ccccc4c4ccccc4c3c2)c2cc(-c3ccc4c5ccccc5c5ccccc5c4c3)c3ccccc3c2)cc1. The van der Waals surface area contributed by atoms with Crippen LogP contribution >= 0.6 is 0 Å². The molecule has 2 nitrogen and oxygen atoms in total. The number of hydrogen-bond acceptors (Lipinski definition) is 2. The fourth-order valence-corrected chi connectivity index (χ4v) is 9.79. The van der Waals surface area contributed by atoms with Gasteiger partial charge in [0.1, 0.15) is 0 Å². The average Bonchev–Trinajstić information content (AvgIpc) is 3.36. The first-order chi connectivity index (χ1) is 31.6. The molecule has 0 fully saturated rings. The molecule has 0 atom stereocenters. The molecule has 2 N–H and O–H groups in total. The average molecular weight is 817 g/mol. The van der Waals surface area contributed by atoms with Crippen LogP contribution in [0.3, 0.4) is 0 Å². The van der Waals surface area contributed by atoms with Gasteiger partial charge < -0.3 is 5.73 Å². The molecule has 0 bridgehead atoms. The van der Waals surface area contributed by atoms with E-state index in [1.54, 1.807) is 0 Å². The third kappa shape index (κ3) is 6.65. The predicted molar refractivity (Wildman–Crippen MR) is 278 cm³/mol. The highest BCUT2D eigenvalue weighted by Gasteiger charge is 2.17. The first-order valence-corrected chi connectivity index (χ1v) is 21.8. The Labute approximate surface area is 373 Å². The van der Waals surface area contributed by atoms with E-state index >= 15 is 0 Å². The van der Waals surface area contributed by atoms with Gasteiger partial charge in [-0.3, -0.25) is 4.99 Å². The molecule has 302 valence electrons. The van der Waals surface area contributed by atoms with Gasteiger partial charge in [-0.1, -0.05) is 189 Å². The molecule has 0 saturated heterocycles. The number of fused-ring (bicyclic) bond motifs is 13. The zero-order valence-electron chi connectivity index (χ0n) is 35.6. The molecule has 11 aromatic rings. The number of rotatable bonds is 8. The van der Waals surface area contributed by atoms with Crippen molar-refractivity contribution in [2.75, 3.05) is 7.05 Å². The number of nitrogens with zero attached hydrogens (tertiary/aromatic N) is 1. The van der Waals surface area contributed by atoms with Crippen LogP contribution in [0.15, 0.2) is 236 Å². The summed E-state index contributed by atoms with van der Waals surface area (Å²) in [6.07, 6.45) is 9.50. The Hall–Kier alpha value is -8.33. The molecular formula is C62H44N2. The molecule has 0 heterocycles. The minimum absolute atomic E-state index is 0.901. The fraction of sp³-hybridized carbons (Fsp3) is 0.0161. The second kappa shape index (κ2) is 16.2. The molecule has 0 aliphatic rings. The Morgan fingerprint density at radius 2 is 0.875 bits per heavy atom. The van der Waals surface area contributed by atoms with Gasteiger partial charge in [-0.05, 0) is 157 Å². The zero-order chi connectivity index (χ0) is 43.1. The van der Waals surface area contributed by atoms with Crippen LogP contribution in [-0.2, 0) is 0 Å². The van der Waals surface area contributed by atoms with Crippen LogP contribution in [0.1, 0.15) is 22.3 Å². The van der Waals surface area contributed by atoms with E-state index in [0.29, 0.717) is 0 Å². The predicted octanol–water partition coefficient (Wildman–Crippen LogP) is 16.0. The maximum atomic E-state index is 5.60. The number of nitrogens with two attached hydrogens (primary N) is 1. The van der Waals surface area contributed by atoms with E-state index in [0.717, 1.165) is 39.1 Å². The fourth-order valence-electron chi connectivity index (χ4n) is 9.79. The van der Waals surface area contributed by atoms with E-state index in [2.05, 4.69) is 207 Å². The molecule has 0 saturated carbocycles. The van der Waals surface area contributed by atoms with Crippen molar-refractivity contribution >= 4 is 92.3 Å². The van der Waals surface area contributed by atoms with Crippen molar-refractivity contribution in [3.05, 3.63) is 253 Å². The third-order valence-corrected chi connectivity index (χ3v) is 12.9. The Morgan fingerprint density at radius 1 is 0.422 bits per heavy atom. The normalized spacial score (nSPS) is 12.6. The van der Waals surface area contributed by atoms with E-state index in [1.807, 2.05) is 25.3 Å². The van der Waals surface area contributed by atoms with Crippen LogP contribution in [0.4, 0.5) is 0 Å². The van der Waals surface area contributed by atoms with Gasteiger partial charge in [0.25, 0.3) is 0 Å². The van der Waals surface area contributed by atoms with Crippen molar-refractivity contribution in [2.24, 2.45) is 10.7 Å². The summed E-state index contributed by atoms with van der Waals surface area (Å²) >= 11 is 0. The second-order valence-corrected chi connectivity index (χ2v) is 16.5. The van der Waals surface area contributed by atoms with Crippen molar-refractivity contribution < 1.29 is 0 Å². The lowest BCUT2D eigenvalue weighted by Crippen LogP contribution is -2.01. The summed E-state index contributed by atoms with van der Waals surface area (Å²) in [5.41, 5.74) is 15.1.